The van der Waals surface area contributed by atoms with Crippen LogP contribution in [0.5, 0.6) is 5.88 Å². The Labute approximate surface area is 201 Å². The first-order valence-corrected chi connectivity index (χ1v) is 12.6. The molecule has 2 heterocycles. The molecule has 0 spiro atoms. The Kier molecular flexibility index (Phi) is 7.75. The predicted octanol–water partition coefficient (Wildman–Crippen LogP) is 2.81. The minimum Gasteiger partial charge on any atom is -0.481 e. The molecular weight excluding hydrogens is 484 g/mol. The van der Waals surface area contributed by atoms with Crippen molar-refractivity contribution in [2.24, 2.45) is 0 Å². The summed E-state index contributed by atoms with van der Waals surface area (Å²) < 4.78 is 56.7. The van der Waals surface area contributed by atoms with Gasteiger partial charge in [-0.25, -0.2) is 13.4 Å². The van der Waals surface area contributed by atoms with Crippen LogP contribution in [-0.4, -0.2) is 54.7 Å². The largest absolute Gasteiger partial charge is 0.481 e. The highest BCUT2D eigenvalue weighted by Crippen LogP contribution is 2.42. The lowest BCUT2D eigenvalue weighted by Crippen LogP contribution is -2.73. The van der Waals surface area contributed by atoms with Crippen molar-refractivity contribution in [2.45, 2.75) is 50.5 Å². The quantitative estimate of drug-likeness (QED) is 0.443. The fourth-order valence-corrected chi connectivity index (χ4v) is 6.13. The molecule has 3 N–H and O–H groups in total. The minimum absolute atomic E-state index is 0.0656. The number of hydrogen-bond donors (Lipinski definition) is 3. The molecule has 0 bridgehead atoms. The maximum Gasteiger partial charge on any atom is 0.388 e. The van der Waals surface area contributed by atoms with Crippen LogP contribution in [-0.2, 0) is 24.8 Å². The summed E-state index contributed by atoms with van der Waals surface area (Å²) >= 11 is 0. The first-order valence-electron chi connectivity index (χ1n) is 10.9. The van der Waals surface area contributed by atoms with Gasteiger partial charge in [0.25, 0.3) is 0 Å². The number of aryl methyl sites for hydroxylation is 1. The van der Waals surface area contributed by atoms with E-state index in [1.807, 2.05) is 13.8 Å². The van der Waals surface area contributed by atoms with Crippen molar-refractivity contribution in [3.63, 3.8) is 0 Å². The van der Waals surface area contributed by atoms with Crippen molar-refractivity contribution in [1.29, 1.82) is 0 Å². The number of rotatable bonds is 10. The molecule has 2 atom stereocenters. The monoisotopic (exact) mass is 511 g/mol. The number of carbonyl (C=O) groups is 2. The highest BCUT2D eigenvalue weighted by atomic mass is 32.2. The van der Waals surface area contributed by atoms with Crippen molar-refractivity contribution < 1.29 is 36.6 Å². The number of nitrogens with zero attached hydrogens (tertiary/aromatic N) is 1. The Morgan fingerprint density at radius 3 is 2.51 bits per heavy atom. The maximum atomic E-state index is 13.8. The summed E-state index contributed by atoms with van der Waals surface area (Å²) in [5, 5.41) is 12.9. The molecule has 1 fully saturated rings. The molecule has 0 radical (unpaired) electrons. The normalized spacial score (nSPS) is 19.9. The number of halogens is 2. The summed E-state index contributed by atoms with van der Waals surface area (Å²) in [7, 11) is -4.11. The van der Waals surface area contributed by atoms with E-state index in [-0.39, 0.29) is 18.2 Å². The zero-order valence-electron chi connectivity index (χ0n) is 19.4. The highest BCUT2D eigenvalue weighted by Gasteiger charge is 2.60. The molecule has 0 saturated carbocycles. The number of aliphatic carboxylic acids is 1. The first kappa shape index (κ1) is 26.5. The van der Waals surface area contributed by atoms with Gasteiger partial charge < -0.3 is 15.2 Å². The van der Waals surface area contributed by atoms with Crippen LogP contribution < -0.4 is 15.4 Å². The second-order valence-electron chi connectivity index (χ2n) is 8.62. The van der Waals surface area contributed by atoms with Gasteiger partial charge in [-0.05, 0) is 36.1 Å². The average Bonchev–Trinajstić information content (AvgIpc) is 2.73. The molecule has 2 aromatic rings. The molecule has 1 saturated heterocycles. The Morgan fingerprint density at radius 1 is 1.26 bits per heavy atom. The van der Waals surface area contributed by atoms with Gasteiger partial charge in [0.2, 0.25) is 11.8 Å². The van der Waals surface area contributed by atoms with Gasteiger partial charge in [-0.3, -0.25) is 14.9 Å². The molecule has 1 aliphatic rings. The maximum absolute atomic E-state index is 13.8. The Hall–Kier alpha value is -3.12. The van der Waals surface area contributed by atoms with Gasteiger partial charge >= 0.3 is 12.6 Å². The van der Waals surface area contributed by atoms with Crippen molar-refractivity contribution in [1.82, 2.24) is 10.3 Å². The molecule has 190 valence electrons. The van der Waals surface area contributed by atoms with Crippen LogP contribution in [0.3, 0.4) is 0 Å². The predicted molar refractivity (Wildman–Crippen MR) is 124 cm³/mol. The summed E-state index contributed by atoms with van der Waals surface area (Å²) in [6.45, 7) is 2.09. The van der Waals surface area contributed by atoms with E-state index in [0.29, 0.717) is 11.3 Å². The number of amides is 1. The third-order valence-electron chi connectivity index (χ3n) is 5.89. The SMILES string of the molecule is Cc1ccc(NC(=O)C2(c3ccccc3C(C)C)CNC2S(=O)(=O)CCC(=O)O)c(OC(F)F)n1. The summed E-state index contributed by atoms with van der Waals surface area (Å²) in [4.78, 5) is 28.8. The van der Waals surface area contributed by atoms with Gasteiger partial charge in [0.1, 0.15) is 16.5 Å². The first-order chi connectivity index (χ1) is 16.4. The van der Waals surface area contributed by atoms with E-state index in [1.165, 1.54) is 12.1 Å². The van der Waals surface area contributed by atoms with Gasteiger partial charge in [-0.15, -0.1) is 0 Å². The zero-order chi connectivity index (χ0) is 26.0. The van der Waals surface area contributed by atoms with E-state index in [4.69, 9.17) is 5.11 Å². The number of carbonyl (C=O) groups excluding carboxylic acids is 1. The number of hydrogen-bond acceptors (Lipinski definition) is 7. The molecule has 1 aromatic heterocycles. The summed E-state index contributed by atoms with van der Waals surface area (Å²) in [5.41, 5.74) is -0.236. The van der Waals surface area contributed by atoms with Gasteiger partial charge in [0, 0.05) is 12.2 Å². The second kappa shape index (κ2) is 10.2. The van der Waals surface area contributed by atoms with E-state index < -0.39 is 57.2 Å². The number of pyridine rings is 1. The Balaban J connectivity index is 2.11. The molecule has 1 aliphatic heterocycles. The lowest BCUT2D eigenvalue weighted by molar-refractivity contribution is -0.136. The molecule has 1 aromatic carbocycles. The molecule has 12 heteroatoms. The molecule has 1 amide bonds. The molecule has 35 heavy (non-hydrogen) atoms. The van der Waals surface area contributed by atoms with Crippen LogP contribution in [0.1, 0.15) is 43.0 Å². The second-order valence-corrected chi connectivity index (χ2v) is 10.8. The number of alkyl halides is 2. The summed E-state index contributed by atoms with van der Waals surface area (Å²) in [5.74, 6) is -3.30. The van der Waals surface area contributed by atoms with E-state index in [0.717, 1.165) is 5.56 Å². The number of carboxylic acid groups (broad SMARTS) is 1. The van der Waals surface area contributed by atoms with Crippen molar-refractivity contribution in [3.05, 3.63) is 53.2 Å². The number of benzene rings is 1. The smallest absolute Gasteiger partial charge is 0.388 e. The number of aromatic nitrogens is 1. The van der Waals surface area contributed by atoms with Gasteiger partial charge in [-0.1, -0.05) is 38.1 Å². The van der Waals surface area contributed by atoms with Crippen molar-refractivity contribution in [3.8, 4) is 5.88 Å². The summed E-state index contributed by atoms with van der Waals surface area (Å²) in [6.07, 6.45) is -0.627. The minimum atomic E-state index is -4.11. The molecular formula is C23H27F2N3O6S. The van der Waals surface area contributed by atoms with Crippen LogP contribution in [0.2, 0.25) is 0 Å². The van der Waals surface area contributed by atoms with Gasteiger partial charge in [-0.2, -0.15) is 8.78 Å². The Morgan fingerprint density at radius 2 is 1.94 bits per heavy atom. The van der Waals surface area contributed by atoms with Crippen molar-refractivity contribution >= 4 is 27.4 Å². The third kappa shape index (κ3) is 5.43. The fourth-order valence-electron chi connectivity index (χ4n) is 4.17. The van der Waals surface area contributed by atoms with Crippen LogP contribution in [0.4, 0.5) is 14.5 Å². The highest BCUT2D eigenvalue weighted by molar-refractivity contribution is 7.92. The van der Waals surface area contributed by atoms with E-state index >= 15 is 0 Å². The van der Waals surface area contributed by atoms with Gasteiger partial charge in [0.05, 0.1) is 12.2 Å². The molecule has 0 aliphatic carbocycles. The molecule has 2 unspecified atom stereocenters. The average molecular weight is 512 g/mol. The lowest BCUT2D eigenvalue weighted by Gasteiger charge is -2.49. The van der Waals surface area contributed by atoms with Crippen LogP contribution in [0.25, 0.3) is 0 Å². The lowest BCUT2D eigenvalue weighted by atomic mass is 9.70. The van der Waals surface area contributed by atoms with E-state index in [2.05, 4.69) is 20.4 Å². The number of nitrogens with one attached hydrogen (secondary N) is 2. The van der Waals surface area contributed by atoms with E-state index in [9.17, 15) is 26.8 Å². The van der Waals surface area contributed by atoms with Crippen LogP contribution in [0, 0.1) is 6.92 Å². The number of sulfone groups is 1. The topological polar surface area (TPSA) is 135 Å². The third-order valence-corrected chi connectivity index (χ3v) is 7.95. The zero-order valence-corrected chi connectivity index (χ0v) is 20.2. The van der Waals surface area contributed by atoms with Crippen LogP contribution >= 0.6 is 0 Å². The molecule has 9 nitrogen and oxygen atoms in total. The van der Waals surface area contributed by atoms with Crippen molar-refractivity contribution in [2.75, 3.05) is 17.6 Å². The molecule has 3 rings (SSSR count). The Bertz CT molecular complexity index is 1220. The van der Waals surface area contributed by atoms with E-state index in [1.54, 1.807) is 31.2 Å². The van der Waals surface area contributed by atoms with Crippen LogP contribution in [0.15, 0.2) is 36.4 Å². The fraction of sp³-hybridized carbons (Fsp3) is 0.435. The van der Waals surface area contributed by atoms with Gasteiger partial charge in [0.15, 0.2) is 9.84 Å². The standard InChI is InChI=1S/C23H27F2N3O6S/c1-13(2)15-6-4-5-7-16(15)23(12-26-21(23)35(32,33)11-10-18(29)30)20(31)28-17-9-8-14(3)27-19(17)34-22(24)25/h4-9,13,21-22,26H,10-12H2,1-3H3,(H,28,31)(H,29,30). The number of anilines is 1. The number of ether oxygens (including phenoxy) is 1. The summed E-state index contributed by atoms with van der Waals surface area (Å²) in [6, 6.07) is 9.71. The number of carboxylic acids is 1.